The van der Waals surface area contributed by atoms with E-state index in [2.05, 4.69) is 42.9 Å². The molecule has 0 bridgehead atoms. The average molecular weight is 417 g/mol. The van der Waals surface area contributed by atoms with Crippen LogP contribution in [0.25, 0.3) is 0 Å². The first kappa shape index (κ1) is 20.1. The van der Waals surface area contributed by atoms with E-state index in [1.807, 2.05) is 18.2 Å². The Hall–Kier alpha value is -1.60. The van der Waals surface area contributed by atoms with Crippen LogP contribution in [0, 0.1) is 26.2 Å². The highest BCUT2D eigenvalue weighted by Gasteiger charge is 2.23. The van der Waals surface area contributed by atoms with E-state index in [4.69, 9.17) is 34.6 Å². The lowest BCUT2D eigenvalue weighted by molar-refractivity contribution is 0.513. The van der Waals surface area contributed by atoms with Gasteiger partial charge >= 0.3 is 0 Å². The number of benzene rings is 2. The number of terminal acetylenes is 1. The Labute approximate surface area is 176 Å². The van der Waals surface area contributed by atoms with Gasteiger partial charge in [0.25, 0.3) is 0 Å². The third-order valence-corrected chi connectivity index (χ3v) is 6.30. The van der Waals surface area contributed by atoms with Crippen molar-refractivity contribution in [1.29, 1.82) is 0 Å². The summed E-state index contributed by atoms with van der Waals surface area (Å²) < 4.78 is 0. The second-order valence-corrected chi connectivity index (χ2v) is 8.59. The molecule has 0 radical (unpaired) electrons. The van der Waals surface area contributed by atoms with Gasteiger partial charge in [-0.2, -0.15) is 0 Å². The zero-order chi connectivity index (χ0) is 19.4. The van der Waals surface area contributed by atoms with Crippen LogP contribution in [0.2, 0.25) is 10.0 Å². The molecule has 1 saturated heterocycles. The van der Waals surface area contributed by atoms with Crippen LogP contribution in [0.1, 0.15) is 28.3 Å². The monoisotopic (exact) mass is 416 g/mol. The fraction of sp³-hybridized carbons (Fsp3) is 0.318. The summed E-state index contributed by atoms with van der Waals surface area (Å²) in [7, 11) is 0. The number of halogens is 2. The summed E-state index contributed by atoms with van der Waals surface area (Å²) in [5, 5.41) is 2.11. The first-order chi connectivity index (χ1) is 13.0. The molecule has 5 heteroatoms. The van der Waals surface area contributed by atoms with E-state index in [0.717, 1.165) is 29.4 Å². The summed E-state index contributed by atoms with van der Waals surface area (Å²) in [6, 6.07) is 12.2. The van der Waals surface area contributed by atoms with E-state index in [1.165, 1.54) is 16.7 Å². The fourth-order valence-corrected chi connectivity index (χ4v) is 4.82. The molecule has 0 aliphatic carbocycles. The maximum Gasteiger partial charge on any atom is 0.160 e. The maximum atomic E-state index is 6.55. The molecule has 140 valence electrons. The normalized spacial score (nSPS) is 16.6. The largest absolute Gasteiger partial charge is 0.339 e. The molecule has 2 aromatic rings. The van der Waals surface area contributed by atoms with Crippen LogP contribution in [-0.2, 0) is 6.42 Å². The molecule has 0 saturated carbocycles. The molecule has 1 heterocycles. The number of rotatable bonds is 5. The van der Waals surface area contributed by atoms with Gasteiger partial charge in [0.15, 0.2) is 5.17 Å². The Bertz CT molecular complexity index is 881. The van der Waals surface area contributed by atoms with Crippen molar-refractivity contribution in [2.45, 2.75) is 26.3 Å². The smallest absolute Gasteiger partial charge is 0.160 e. The molecule has 2 nitrogen and oxygen atoms in total. The van der Waals surface area contributed by atoms with Gasteiger partial charge in [0.1, 0.15) is 0 Å². The van der Waals surface area contributed by atoms with Crippen LogP contribution in [0.15, 0.2) is 41.4 Å². The van der Waals surface area contributed by atoms with Gasteiger partial charge in [-0.05, 0) is 37.5 Å². The molecular formula is C22H22Cl2N2S. The number of amidine groups is 1. The minimum atomic E-state index is -0.113. The summed E-state index contributed by atoms with van der Waals surface area (Å²) in [6.45, 7) is 5.73. The lowest BCUT2D eigenvalue weighted by Crippen LogP contribution is -2.25. The van der Waals surface area contributed by atoms with Crippen molar-refractivity contribution in [3.05, 3.63) is 68.7 Å². The Kier molecular flexibility index (Phi) is 6.76. The predicted molar refractivity (Wildman–Crippen MR) is 119 cm³/mol. The molecule has 0 aromatic heterocycles. The van der Waals surface area contributed by atoms with Gasteiger partial charge in [-0.3, -0.25) is 4.99 Å². The zero-order valence-corrected chi connectivity index (χ0v) is 17.8. The third kappa shape index (κ3) is 5.02. The fourth-order valence-electron chi connectivity index (χ4n) is 3.36. The van der Waals surface area contributed by atoms with E-state index in [9.17, 15) is 0 Å². The first-order valence-corrected chi connectivity index (χ1v) is 10.6. The van der Waals surface area contributed by atoms with Crippen LogP contribution >= 0.6 is 35.0 Å². The topological polar surface area (TPSA) is 15.6 Å². The Morgan fingerprint density at radius 2 is 1.96 bits per heavy atom. The molecule has 0 spiro atoms. The summed E-state index contributed by atoms with van der Waals surface area (Å²) in [4.78, 5) is 7.22. The van der Waals surface area contributed by atoms with Gasteiger partial charge in [0, 0.05) is 12.3 Å². The van der Waals surface area contributed by atoms with Crippen molar-refractivity contribution in [2.24, 2.45) is 4.99 Å². The minimum Gasteiger partial charge on any atom is -0.339 e. The number of nitrogens with zero attached hydrogens (tertiary/aromatic N) is 2. The standard InChI is InChI=1S/C22H22Cl2N2S/c1-4-8-26-9-10-27-22(26)25-20(18-6-5-7-19(23)21(18)24)14-17-12-15(2)11-16(3)13-17/h1,5-7,11-13,20H,8-10,14H2,2-3H3/b25-22-. The van der Waals surface area contributed by atoms with Gasteiger partial charge in [-0.15, -0.1) is 6.42 Å². The number of aliphatic imine (C=N–C) groups is 1. The van der Waals surface area contributed by atoms with Crippen LogP contribution < -0.4 is 0 Å². The second kappa shape index (κ2) is 9.06. The van der Waals surface area contributed by atoms with Gasteiger partial charge in [-0.25, -0.2) is 0 Å². The molecular weight excluding hydrogens is 395 g/mol. The van der Waals surface area contributed by atoms with Crippen LogP contribution in [0.4, 0.5) is 0 Å². The number of hydrogen-bond donors (Lipinski definition) is 0. The maximum absolute atomic E-state index is 6.55. The molecule has 2 aromatic carbocycles. The van der Waals surface area contributed by atoms with Gasteiger partial charge in [-0.1, -0.05) is 82.3 Å². The van der Waals surface area contributed by atoms with Crippen LogP contribution in [0.5, 0.6) is 0 Å². The van der Waals surface area contributed by atoms with Crippen molar-refractivity contribution >= 4 is 40.1 Å². The lowest BCUT2D eigenvalue weighted by Gasteiger charge is -2.20. The first-order valence-electron chi connectivity index (χ1n) is 8.88. The third-order valence-electron chi connectivity index (χ3n) is 4.46. The van der Waals surface area contributed by atoms with Crippen molar-refractivity contribution in [3.63, 3.8) is 0 Å². The molecule has 0 amide bonds. The van der Waals surface area contributed by atoms with Crippen LogP contribution in [-0.4, -0.2) is 28.9 Å². The summed E-state index contributed by atoms with van der Waals surface area (Å²) in [5.41, 5.74) is 4.68. The van der Waals surface area contributed by atoms with Crippen molar-refractivity contribution in [3.8, 4) is 12.3 Å². The molecule has 1 aliphatic heterocycles. The van der Waals surface area contributed by atoms with Crippen molar-refractivity contribution in [1.82, 2.24) is 4.90 Å². The highest BCUT2D eigenvalue weighted by atomic mass is 35.5. The quantitative estimate of drug-likeness (QED) is 0.560. The molecule has 1 atom stereocenters. The molecule has 0 N–H and O–H groups in total. The predicted octanol–water partition coefficient (Wildman–Crippen LogP) is 5.93. The van der Waals surface area contributed by atoms with Gasteiger partial charge < -0.3 is 4.90 Å². The molecule has 1 unspecified atom stereocenters. The molecule has 3 rings (SSSR count). The average Bonchev–Trinajstić information content (AvgIpc) is 3.03. The number of thioether (sulfide) groups is 1. The van der Waals surface area contributed by atoms with Crippen molar-refractivity contribution in [2.75, 3.05) is 18.8 Å². The van der Waals surface area contributed by atoms with E-state index >= 15 is 0 Å². The highest BCUT2D eigenvalue weighted by molar-refractivity contribution is 8.14. The molecule has 1 aliphatic rings. The minimum absolute atomic E-state index is 0.113. The Morgan fingerprint density at radius 3 is 2.67 bits per heavy atom. The second-order valence-electron chi connectivity index (χ2n) is 6.74. The highest BCUT2D eigenvalue weighted by Crippen LogP contribution is 2.35. The van der Waals surface area contributed by atoms with Crippen LogP contribution in [0.3, 0.4) is 0 Å². The van der Waals surface area contributed by atoms with Gasteiger partial charge in [0.05, 0.1) is 22.6 Å². The van der Waals surface area contributed by atoms with E-state index in [1.54, 1.807) is 11.8 Å². The van der Waals surface area contributed by atoms with Gasteiger partial charge in [0.2, 0.25) is 0 Å². The molecule has 27 heavy (non-hydrogen) atoms. The summed E-state index contributed by atoms with van der Waals surface area (Å²) in [5.74, 6) is 3.72. The number of aryl methyl sites for hydroxylation is 2. The Balaban J connectivity index is 2.01. The molecule has 1 fully saturated rings. The zero-order valence-electron chi connectivity index (χ0n) is 15.5. The summed E-state index contributed by atoms with van der Waals surface area (Å²) in [6.07, 6.45) is 6.28. The SMILES string of the molecule is C#CCN1CCS/C1=N\C(Cc1cc(C)cc(C)c1)c1cccc(Cl)c1Cl. The van der Waals surface area contributed by atoms with E-state index < -0.39 is 0 Å². The van der Waals surface area contributed by atoms with E-state index in [0.29, 0.717) is 16.6 Å². The summed E-state index contributed by atoms with van der Waals surface area (Å²) >= 11 is 14.6. The van der Waals surface area contributed by atoms with Crippen molar-refractivity contribution < 1.29 is 0 Å². The number of hydrogen-bond acceptors (Lipinski definition) is 2. The van der Waals surface area contributed by atoms with E-state index in [-0.39, 0.29) is 6.04 Å². The Morgan fingerprint density at radius 1 is 1.22 bits per heavy atom. The lowest BCUT2D eigenvalue weighted by atomic mass is 9.97.